The Hall–Kier alpha value is -2.35. The van der Waals surface area contributed by atoms with Crippen molar-refractivity contribution in [2.45, 2.75) is 25.9 Å². The smallest absolute Gasteiger partial charge is 0.227 e. The molecule has 0 bridgehead atoms. The fourth-order valence-electron chi connectivity index (χ4n) is 3.11. The number of ether oxygens (including phenoxy) is 1. The molecule has 0 radical (unpaired) electrons. The molecular formula is C18H24N4O3S. The highest BCUT2D eigenvalue weighted by atomic mass is 32.2. The molecular weight excluding hydrogens is 352 g/mol. The van der Waals surface area contributed by atoms with Crippen molar-refractivity contribution in [1.29, 1.82) is 0 Å². The minimum Gasteiger partial charge on any atom is -0.497 e. The van der Waals surface area contributed by atoms with Gasteiger partial charge in [-0.2, -0.15) is 4.98 Å². The van der Waals surface area contributed by atoms with Crippen molar-refractivity contribution in [2.75, 3.05) is 35.4 Å². The third kappa shape index (κ3) is 4.43. The van der Waals surface area contributed by atoms with E-state index in [-0.39, 0.29) is 17.5 Å². The number of rotatable bonds is 7. The van der Waals surface area contributed by atoms with E-state index in [1.165, 1.54) is 0 Å². The molecule has 8 heteroatoms. The molecule has 0 amide bonds. The van der Waals surface area contributed by atoms with Gasteiger partial charge in [0, 0.05) is 25.3 Å². The monoisotopic (exact) mass is 376 g/mol. The molecule has 1 N–H and O–H groups in total. The van der Waals surface area contributed by atoms with Crippen LogP contribution in [0.5, 0.6) is 5.75 Å². The summed E-state index contributed by atoms with van der Waals surface area (Å²) in [4.78, 5) is 10.9. The number of aromatic nitrogens is 2. The number of sulfone groups is 1. The average Bonchev–Trinajstić information content (AvgIpc) is 3.01. The Morgan fingerprint density at radius 1 is 1.27 bits per heavy atom. The molecule has 0 aliphatic carbocycles. The van der Waals surface area contributed by atoms with E-state index in [1.54, 1.807) is 13.3 Å². The van der Waals surface area contributed by atoms with Crippen LogP contribution >= 0.6 is 0 Å². The number of nitrogens with one attached hydrogen (secondary N) is 1. The summed E-state index contributed by atoms with van der Waals surface area (Å²) in [5.74, 6) is 2.51. The number of anilines is 2. The zero-order chi connectivity index (χ0) is 18.6. The van der Waals surface area contributed by atoms with E-state index in [0.717, 1.165) is 11.3 Å². The second-order valence-electron chi connectivity index (χ2n) is 6.29. The van der Waals surface area contributed by atoms with Crippen molar-refractivity contribution in [2.24, 2.45) is 0 Å². The SMILES string of the molecule is CCN(c1nccc(NCc2ccc(OC)cc2)n1)C1CCS(=O)(=O)C1. The summed E-state index contributed by atoms with van der Waals surface area (Å²) in [6.07, 6.45) is 2.33. The minimum atomic E-state index is -2.94. The Kier molecular flexibility index (Phi) is 5.61. The van der Waals surface area contributed by atoms with Gasteiger partial charge in [0.25, 0.3) is 0 Å². The predicted octanol–water partition coefficient (Wildman–Crippen LogP) is 2.11. The lowest BCUT2D eigenvalue weighted by Gasteiger charge is -2.26. The first-order valence-electron chi connectivity index (χ1n) is 8.67. The van der Waals surface area contributed by atoms with Crippen molar-refractivity contribution in [1.82, 2.24) is 9.97 Å². The van der Waals surface area contributed by atoms with Crippen LogP contribution in [0.15, 0.2) is 36.5 Å². The first-order chi connectivity index (χ1) is 12.5. The van der Waals surface area contributed by atoms with Crippen molar-refractivity contribution < 1.29 is 13.2 Å². The Morgan fingerprint density at radius 2 is 2.04 bits per heavy atom. The molecule has 1 aromatic carbocycles. The normalized spacial score (nSPS) is 18.5. The molecule has 3 rings (SSSR count). The molecule has 2 aromatic rings. The van der Waals surface area contributed by atoms with E-state index >= 15 is 0 Å². The quantitative estimate of drug-likeness (QED) is 0.792. The molecule has 1 fully saturated rings. The lowest BCUT2D eigenvalue weighted by molar-refractivity contribution is 0.414. The van der Waals surface area contributed by atoms with Gasteiger partial charge < -0.3 is 15.0 Å². The third-order valence-electron chi connectivity index (χ3n) is 4.52. The minimum absolute atomic E-state index is 0.0539. The second kappa shape index (κ2) is 7.90. The maximum absolute atomic E-state index is 11.8. The molecule has 140 valence electrons. The topological polar surface area (TPSA) is 84.4 Å². The third-order valence-corrected chi connectivity index (χ3v) is 6.27. The van der Waals surface area contributed by atoms with Gasteiger partial charge in [0.2, 0.25) is 5.95 Å². The number of benzene rings is 1. The summed E-state index contributed by atoms with van der Waals surface area (Å²) in [6.45, 7) is 3.29. The van der Waals surface area contributed by atoms with E-state index in [4.69, 9.17) is 4.74 Å². The number of methoxy groups -OCH3 is 1. The molecule has 1 unspecified atom stereocenters. The zero-order valence-corrected chi connectivity index (χ0v) is 15.9. The van der Waals surface area contributed by atoms with Gasteiger partial charge in [-0.25, -0.2) is 13.4 Å². The van der Waals surface area contributed by atoms with E-state index in [2.05, 4.69) is 15.3 Å². The summed E-state index contributed by atoms with van der Waals surface area (Å²) < 4.78 is 28.7. The van der Waals surface area contributed by atoms with E-state index in [1.807, 2.05) is 42.2 Å². The molecule has 1 aromatic heterocycles. The second-order valence-corrected chi connectivity index (χ2v) is 8.52. The summed E-state index contributed by atoms with van der Waals surface area (Å²) in [5.41, 5.74) is 1.11. The average molecular weight is 376 g/mol. The lowest BCUT2D eigenvalue weighted by Crippen LogP contribution is -2.37. The Balaban J connectivity index is 1.68. The van der Waals surface area contributed by atoms with Gasteiger partial charge in [0.1, 0.15) is 11.6 Å². The van der Waals surface area contributed by atoms with Gasteiger partial charge in [-0.3, -0.25) is 0 Å². The van der Waals surface area contributed by atoms with E-state index < -0.39 is 9.84 Å². The summed E-state index contributed by atoms with van der Waals surface area (Å²) >= 11 is 0. The standard InChI is InChI=1S/C18H24N4O3S/c1-3-22(15-9-11-26(23,24)13-15)18-19-10-8-17(21-18)20-12-14-4-6-16(25-2)7-5-14/h4-8,10,15H,3,9,11-13H2,1-2H3,(H,19,20,21). The molecule has 1 atom stereocenters. The molecule has 2 heterocycles. The summed E-state index contributed by atoms with van der Waals surface area (Å²) in [5, 5.41) is 3.29. The summed E-state index contributed by atoms with van der Waals surface area (Å²) in [6, 6.07) is 9.59. The van der Waals surface area contributed by atoms with Crippen LogP contribution in [0.3, 0.4) is 0 Å². The fourth-order valence-corrected chi connectivity index (χ4v) is 4.84. The van der Waals surface area contributed by atoms with Crippen LogP contribution in [-0.2, 0) is 16.4 Å². The van der Waals surface area contributed by atoms with Gasteiger partial charge in [0.05, 0.1) is 18.6 Å². The largest absolute Gasteiger partial charge is 0.497 e. The zero-order valence-electron chi connectivity index (χ0n) is 15.1. The highest BCUT2D eigenvalue weighted by Crippen LogP contribution is 2.22. The van der Waals surface area contributed by atoms with Gasteiger partial charge in [-0.1, -0.05) is 12.1 Å². The van der Waals surface area contributed by atoms with Crippen LogP contribution in [0.25, 0.3) is 0 Å². The van der Waals surface area contributed by atoms with Crippen molar-refractivity contribution >= 4 is 21.6 Å². The van der Waals surface area contributed by atoms with Crippen molar-refractivity contribution in [3.8, 4) is 5.75 Å². The first kappa shape index (κ1) is 18.4. The van der Waals surface area contributed by atoms with E-state index in [0.29, 0.717) is 31.3 Å². The van der Waals surface area contributed by atoms with Gasteiger partial charge in [-0.05, 0) is 37.1 Å². The number of hydrogen-bond donors (Lipinski definition) is 1. The van der Waals surface area contributed by atoms with Gasteiger partial charge in [-0.15, -0.1) is 0 Å². The molecule has 1 aliphatic heterocycles. The van der Waals surface area contributed by atoms with Crippen molar-refractivity contribution in [3.63, 3.8) is 0 Å². The fraction of sp³-hybridized carbons (Fsp3) is 0.444. The van der Waals surface area contributed by atoms with Crippen molar-refractivity contribution in [3.05, 3.63) is 42.1 Å². The molecule has 26 heavy (non-hydrogen) atoms. The van der Waals surface area contributed by atoms with E-state index in [9.17, 15) is 8.42 Å². The summed E-state index contributed by atoms with van der Waals surface area (Å²) in [7, 11) is -1.30. The lowest BCUT2D eigenvalue weighted by atomic mass is 10.2. The highest BCUT2D eigenvalue weighted by Gasteiger charge is 2.32. The highest BCUT2D eigenvalue weighted by molar-refractivity contribution is 7.91. The number of hydrogen-bond acceptors (Lipinski definition) is 7. The maximum Gasteiger partial charge on any atom is 0.227 e. The Bertz CT molecular complexity index is 840. The van der Waals surface area contributed by atoms with Crippen LogP contribution in [-0.4, -0.2) is 49.6 Å². The number of nitrogens with zero attached hydrogens (tertiary/aromatic N) is 3. The Morgan fingerprint density at radius 3 is 2.65 bits per heavy atom. The van der Waals surface area contributed by atoms with Gasteiger partial charge in [0.15, 0.2) is 9.84 Å². The molecule has 0 saturated carbocycles. The van der Waals surface area contributed by atoms with Crippen LogP contribution in [0.4, 0.5) is 11.8 Å². The molecule has 1 aliphatic rings. The van der Waals surface area contributed by atoms with Crippen LogP contribution in [0, 0.1) is 0 Å². The molecule has 7 nitrogen and oxygen atoms in total. The Labute approximate surface area is 154 Å². The maximum atomic E-state index is 11.8. The molecule has 1 saturated heterocycles. The first-order valence-corrected chi connectivity index (χ1v) is 10.5. The van der Waals surface area contributed by atoms with Crippen LogP contribution in [0.1, 0.15) is 18.9 Å². The molecule has 0 spiro atoms. The predicted molar refractivity (Wildman–Crippen MR) is 102 cm³/mol. The van der Waals surface area contributed by atoms with Crippen LogP contribution < -0.4 is 15.0 Å². The van der Waals surface area contributed by atoms with Gasteiger partial charge >= 0.3 is 0 Å². The van der Waals surface area contributed by atoms with Crippen LogP contribution in [0.2, 0.25) is 0 Å².